The fourth-order valence-electron chi connectivity index (χ4n) is 8.66. The van der Waals surface area contributed by atoms with E-state index >= 15 is 0 Å². The number of fused-ring (bicyclic) bond motifs is 4. The van der Waals surface area contributed by atoms with Crippen LogP contribution in [0.5, 0.6) is 0 Å². The molecule has 1 aliphatic rings. The van der Waals surface area contributed by atoms with Gasteiger partial charge in [-0.1, -0.05) is 194 Å². The SMILES string of the molecule is c1ccc(-c2ccc(-c3nc(-c4ccccc4)nc(-c4ccccc4-c4ccc5c(c4)S(c4ccccc4)(c4cccc6ccccc46)c4ccccc4-5)n3)cc2)cc1. The topological polar surface area (TPSA) is 38.7 Å². The Balaban J connectivity index is 1.12. The summed E-state index contributed by atoms with van der Waals surface area (Å²) in [5.74, 6) is 1.91. The molecule has 0 aliphatic carbocycles. The molecule has 2 heterocycles. The molecule has 1 aromatic heterocycles. The number of benzene rings is 9. The molecule has 0 saturated carbocycles. The Morgan fingerprint density at radius 1 is 0.271 bits per heavy atom. The van der Waals surface area contributed by atoms with E-state index < -0.39 is 10.0 Å². The number of hydrogen-bond acceptors (Lipinski definition) is 3. The van der Waals surface area contributed by atoms with Gasteiger partial charge < -0.3 is 0 Å². The number of rotatable bonds is 7. The van der Waals surface area contributed by atoms with E-state index in [0.29, 0.717) is 17.5 Å². The normalized spacial score (nSPS) is 15.3. The van der Waals surface area contributed by atoms with E-state index in [-0.39, 0.29) is 0 Å². The first kappa shape index (κ1) is 34.8. The summed E-state index contributed by atoms with van der Waals surface area (Å²) in [7, 11) is -1.92. The third-order valence-corrected chi connectivity index (χ3v) is 15.4. The average molecular weight is 772 g/mol. The first-order valence-corrected chi connectivity index (χ1v) is 21.6. The van der Waals surface area contributed by atoms with Crippen LogP contribution in [0.4, 0.5) is 0 Å². The van der Waals surface area contributed by atoms with E-state index in [9.17, 15) is 0 Å². The predicted molar refractivity (Wildman–Crippen MR) is 243 cm³/mol. The van der Waals surface area contributed by atoms with E-state index in [1.807, 2.05) is 24.3 Å². The monoisotopic (exact) mass is 771 g/mol. The van der Waals surface area contributed by atoms with E-state index in [1.54, 1.807) is 0 Å². The quantitative estimate of drug-likeness (QED) is 0.162. The first-order valence-electron chi connectivity index (χ1n) is 19.9. The third-order valence-electron chi connectivity index (χ3n) is 11.4. The number of nitrogens with zero attached hydrogens (tertiary/aromatic N) is 3. The van der Waals surface area contributed by atoms with Crippen molar-refractivity contribution in [1.29, 1.82) is 0 Å². The van der Waals surface area contributed by atoms with Crippen molar-refractivity contribution in [2.75, 3.05) is 0 Å². The highest BCUT2D eigenvalue weighted by Gasteiger charge is 2.43. The molecule has 0 bridgehead atoms. The summed E-state index contributed by atoms with van der Waals surface area (Å²) >= 11 is 0. The Hall–Kier alpha value is -7.40. The number of aromatic nitrogens is 3. The molecule has 1 atom stereocenters. The van der Waals surface area contributed by atoms with Gasteiger partial charge in [-0.05, 0) is 74.5 Å². The zero-order chi connectivity index (χ0) is 39.2. The van der Waals surface area contributed by atoms with Gasteiger partial charge in [-0.25, -0.2) is 15.0 Å². The van der Waals surface area contributed by atoms with Crippen LogP contribution in [0.2, 0.25) is 0 Å². The maximum Gasteiger partial charge on any atom is 0.164 e. The molecule has 1 unspecified atom stereocenters. The highest BCUT2D eigenvalue weighted by Crippen LogP contribution is 2.80. The highest BCUT2D eigenvalue weighted by molar-refractivity contribution is 8.34. The van der Waals surface area contributed by atoms with Crippen LogP contribution in [0.25, 0.3) is 78.3 Å². The van der Waals surface area contributed by atoms with Gasteiger partial charge in [-0.2, -0.15) is 0 Å². The Bertz CT molecular complexity index is 3140. The summed E-state index contributed by atoms with van der Waals surface area (Å²) in [5.41, 5.74) is 9.91. The Kier molecular flexibility index (Phi) is 8.57. The summed E-state index contributed by atoms with van der Waals surface area (Å²) in [4.78, 5) is 20.9. The van der Waals surface area contributed by atoms with E-state index in [2.05, 4.69) is 200 Å². The van der Waals surface area contributed by atoms with E-state index in [4.69, 9.17) is 15.0 Å². The zero-order valence-electron chi connectivity index (χ0n) is 32.1. The molecule has 3 nitrogen and oxygen atoms in total. The van der Waals surface area contributed by atoms with Crippen molar-refractivity contribution in [2.45, 2.75) is 19.6 Å². The molecule has 11 rings (SSSR count). The van der Waals surface area contributed by atoms with Crippen molar-refractivity contribution in [2.24, 2.45) is 0 Å². The second-order valence-corrected chi connectivity index (χ2v) is 17.8. The van der Waals surface area contributed by atoms with Crippen LogP contribution < -0.4 is 0 Å². The lowest BCUT2D eigenvalue weighted by atomic mass is 9.96. The lowest BCUT2D eigenvalue weighted by Gasteiger charge is -2.40. The molecule has 0 N–H and O–H groups in total. The van der Waals surface area contributed by atoms with Gasteiger partial charge in [-0.3, -0.25) is 0 Å². The second kappa shape index (κ2) is 14.5. The van der Waals surface area contributed by atoms with Crippen LogP contribution in [0.15, 0.2) is 244 Å². The molecule has 278 valence electrons. The molecular weight excluding hydrogens is 735 g/mol. The van der Waals surface area contributed by atoms with Crippen molar-refractivity contribution < 1.29 is 0 Å². The van der Waals surface area contributed by atoms with Crippen LogP contribution in [0.3, 0.4) is 0 Å². The number of hydrogen-bond donors (Lipinski definition) is 0. The van der Waals surface area contributed by atoms with Crippen molar-refractivity contribution in [1.82, 2.24) is 15.0 Å². The highest BCUT2D eigenvalue weighted by atomic mass is 32.3. The van der Waals surface area contributed by atoms with Crippen LogP contribution in [-0.2, 0) is 0 Å². The molecule has 0 saturated heterocycles. The fourth-order valence-corrected chi connectivity index (χ4v) is 13.1. The van der Waals surface area contributed by atoms with Crippen LogP contribution >= 0.6 is 10.0 Å². The zero-order valence-corrected chi connectivity index (χ0v) is 32.9. The van der Waals surface area contributed by atoms with Crippen molar-refractivity contribution in [3.8, 4) is 67.5 Å². The summed E-state index contributed by atoms with van der Waals surface area (Å²) in [6, 6.07) is 80.6. The van der Waals surface area contributed by atoms with Crippen molar-refractivity contribution in [3.05, 3.63) is 224 Å². The summed E-state index contributed by atoms with van der Waals surface area (Å²) in [5, 5.41) is 2.53. The molecule has 4 heteroatoms. The minimum Gasteiger partial charge on any atom is -0.208 e. The lowest BCUT2D eigenvalue weighted by molar-refractivity contribution is 1.07. The average Bonchev–Trinajstić information content (AvgIpc) is 3.62. The summed E-state index contributed by atoms with van der Waals surface area (Å²) < 4.78 is 0. The second-order valence-electron chi connectivity index (χ2n) is 14.8. The van der Waals surface area contributed by atoms with Crippen molar-refractivity contribution in [3.63, 3.8) is 0 Å². The Morgan fingerprint density at radius 3 is 1.49 bits per heavy atom. The van der Waals surface area contributed by atoms with E-state index in [0.717, 1.165) is 33.4 Å². The molecule has 1 aliphatic heterocycles. The smallest absolute Gasteiger partial charge is 0.164 e. The van der Waals surface area contributed by atoms with Gasteiger partial charge >= 0.3 is 0 Å². The van der Waals surface area contributed by atoms with Crippen LogP contribution in [0, 0.1) is 0 Å². The van der Waals surface area contributed by atoms with Gasteiger partial charge in [0.1, 0.15) is 0 Å². The van der Waals surface area contributed by atoms with Crippen LogP contribution in [0.1, 0.15) is 0 Å². The molecule has 10 aromatic rings. The third kappa shape index (κ3) is 5.88. The van der Waals surface area contributed by atoms with Gasteiger partial charge in [0, 0.05) is 36.3 Å². The molecule has 0 amide bonds. The Labute approximate surface area is 345 Å². The Morgan fingerprint density at radius 2 is 0.746 bits per heavy atom. The van der Waals surface area contributed by atoms with Crippen LogP contribution in [-0.4, -0.2) is 15.0 Å². The standard InChI is InChI=1S/C55H37N3S/c1-4-17-38(18-5-1)39-31-33-42(34-32-39)54-56-53(41-20-6-2-7-21-41)57-55(58-54)49-28-13-12-25-45(49)43-35-36-48-47-27-14-15-29-51(47)59(52(48)37-43,44-23-8-3-9-24-44)50-30-16-22-40-19-10-11-26-46(40)50/h1-37H. The summed E-state index contributed by atoms with van der Waals surface area (Å²) in [6.45, 7) is 0. The first-order chi connectivity index (χ1) is 29.3. The van der Waals surface area contributed by atoms with Gasteiger partial charge in [0.25, 0.3) is 0 Å². The molecule has 0 radical (unpaired) electrons. The van der Waals surface area contributed by atoms with Gasteiger partial charge in [-0.15, -0.1) is 10.0 Å². The van der Waals surface area contributed by atoms with Crippen molar-refractivity contribution >= 4 is 20.8 Å². The molecule has 59 heavy (non-hydrogen) atoms. The van der Waals surface area contributed by atoms with Gasteiger partial charge in [0.05, 0.1) is 0 Å². The minimum atomic E-state index is -1.92. The molecule has 9 aromatic carbocycles. The van der Waals surface area contributed by atoms with E-state index in [1.165, 1.54) is 47.0 Å². The largest absolute Gasteiger partial charge is 0.208 e. The van der Waals surface area contributed by atoms with Gasteiger partial charge in [0.2, 0.25) is 0 Å². The maximum absolute atomic E-state index is 5.23. The molecule has 0 fully saturated rings. The fraction of sp³-hybridized carbons (Fsp3) is 0. The molecule has 0 spiro atoms. The summed E-state index contributed by atoms with van der Waals surface area (Å²) in [6.07, 6.45) is 0. The minimum absolute atomic E-state index is 0.635. The maximum atomic E-state index is 5.23. The van der Waals surface area contributed by atoms with Gasteiger partial charge in [0.15, 0.2) is 17.5 Å². The lowest BCUT2D eigenvalue weighted by Crippen LogP contribution is -2.03. The molecular formula is C55H37N3S. The predicted octanol–water partition coefficient (Wildman–Crippen LogP) is 14.7.